The molecule has 0 fully saturated rings. The number of aromatic nitrogens is 5. The van der Waals surface area contributed by atoms with Crippen molar-refractivity contribution in [3.63, 3.8) is 0 Å². The molecule has 10 heteroatoms. The van der Waals surface area contributed by atoms with Crippen LogP contribution >= 0.6 is 11.3 Å². The second-order valence-corrected chi connectivity index (χ2v) is 8.90. The summed E-state index contributed by atoms with van der Waals surface area (Å²) in [5.74, 6) is 0.429. The van der Waals surface area contributed by atoms with Gasteiger partial charge in [-0.05, 0) is 36.6 Å². The lowest BCUT2D eigenvalue weighted by Gasteiger charge is -2.15. The maximum Gasteiger partial charge on any atom is 0.263 e. The normalized spacial score (nSPS) is 11.9. The number of carbonyl (C=O) groups excluding carboxylic acids is 2. The van der Waals surface area contributed by atoms with Crippen LogP contribution in [0.5, 0.6) is 0 Å². The van der Waals surface area contributed by atoms with Crippen molar-refractivity contribution in [2.24, 2.45) is 5.73 Å². The fourth-order valence-corrected chi connectivity index (χ4v) is 4.28. The number of primary amides is 1. The van der Waals surface area contributed by atoms with Crippen molar-refractivity contribution in [1.82, 2.24) is 30.0 Å². The van der Waals surface area contributed by atoms with Gasteiger partial charge >= 0.3 is 0 Å². The van der Waals surface area contributed by atoms with E-state index in [0.717, 1.165) is 48.5 Å². The second kappa shape index (κ2) is 11.4. The molecule has 1 aromatic carbocycles. The van der Waals surface area contributed by atoms with Gasteiger partial charge in [0.25, 0.3) is 5.91 Å². The molecule has 0 aliphatic heterocycles. The van der Waals surface area contributed by atoms with Crippen molar-refractivity contribution in [2.45, 2.75) is 38.0 Å². The number of rotatable bonds is 12. The Kier molecular flexibility index (Phi) is 7.82. The zero-order valence-corrected chi connectivity index (χ0v) is 19.5. The number of thiazole rings is 1. The average molecular weight is 478 g/mol. The number of nitrogens with two attached hydrogens (primary N) is 1. The van der Waals surface area contributed by atoms with Crippen molar-refractivity contribution in [3.05, 3.63) is 71.3 Å². The predicted molar refractivity (Wildman–Crippen MR) is 131 cm³/mol. The van der Waals surface area contributed by atoms with Gasteiger partial charge in [0.05, 0.1) is 29.3 Å². The van der Waals surface area contributed by atoms with Crippen LogP contribution in [0.25, 0.3) is 16.9 Å². The van der Waals surface area contributed by atoms with E-state index in [1.54, 1.807) is 17.9 Å². The standard InChI is InChI=1S/C24H27N7O2S/c25-22(32)6-3-1-2-5-18(13-28-24(33)21-15-26-16-34-21)23-27-14-20(30-23)17-7-9-19(10-8-17)31-12-4-11-29-31/h4,7-12,14-16,18H,1-3,5-6,13H2,(H2,25,32)(H,27,30)(H,28,33). The van der Waals surface area contributed by atoms with E-state index in [1.807, 2.05) is 47.4 Å². The van der Waals surface area contributed by atoms with Gasteiger partial charge in [0.15, 0.2) is 0 Å². The summed E-state index contributed by atoms with van der Waals surface area (Å²) in [6.45, 7) is 0.456. The molecule has 0 bridgehead atoms. The summed E-state index contributed by atoms with van der Waals surface area (Å²) < 4.78 is 1.81. The molecule has 9 nitrogen and oxygen atoms in total. The number of hydrogen-bond acceptors (Lipinski definition) is 6. The van der Waals surface area contributed by atoms with E-state index in [9.17, 15) is 9.59 Å². The van der Waals surface area contributed by atoms with Crippen LogP contribution in [0.1, 0.15) is 53.5 Å². The molecule has 0 spiro atoms. The monoisotopic (exact) mass is 477 g/mol. The zero-order valence-electron chi connectivity index (χ0n) is 18.7. The summed E-state index contributed by atoms with van der Waals surface area (Å²) >= 11 is 1.31. The van der Waals surface area contributed by atoms with E-state index in [4.69, 9.17) is 5.73 Å². The molecule has 0 saturated heterocycles. The highest BCUT2D eigenvalue weighted by Crippen LogP contribution is 2.25. The van der Waals surface area contributed by atoms with Gasteiger partial charge in [-0.15, -0.1) is 11.3 Å². The maximum absolute atomic E-state index is 12.4. The van der Waals surface area contributed by atoms with E-state index in [-0.39, 0.29) is 17.7 Å². The number of imidazole rings is 1. The minimum atomic E-state index is -0.275. The summed E-state index contributed by atoms with van der Waals surface area (Å²) in [5, 5.41) is 7.26. The molecule has 0 aliphatic carbocycles. The summed E-state index contributed by atoms with van der Waals surface area (Å²) in [5.41, 5.74) is 9.79. The SMILES string of the molecule is NC(=O)CCCCCC(CNC(=O)c1cncs1)c1ncc(-c2ccc(-n3cccn3)cc2)[nH]1. The lowest BCUT2D eigenvalue weighted by Crippen LogP contribution is -2.28. The van der Waals surface area contributed by atoms with Crippen molar-refractivity contribution < 1.29 is 9.59 Å². The van der Waals surface area contributed by atoms with Crippen LogP contribution in [0.15, 0.2) is 60.6 Å². The molecular weight excluding hydrogens is 450 g/mol. The molecule has 1 unspecified atom stereocenters. The van der Waals surface area contributed by atoms with Crippen LogP contribution in [-0.2, 0) is 4.79 Å². The van der Waals surface area contributed by atoms with Crippen LogP contribution < -0.4 is 11.1 Å². The Morgan fingerprint density at radius 2 is 2.00 bits per heavy atom. The van der Waals surface area contributed by atoms with Gasteiger partial charge < -0.3 is 16.0 Å². The van der Waals surface area contributed by atoms with E-state index in [2.05, 4.69) is 25.4 Å². The van der Waals surface area contributed by atoms with Crippen LogP contribution in [0.4, 0.5) is 0 Å². The number of aromatic amines is 1. The molecule has 3 heterocycles. The Hall–Kier alpha value is -3.79. The third-order valence-electron chi connectivity index (χ3n) is 5.57. The number of benzene rings is 1. The number of amides is 2. The predicted octanol–water partition coefficient (Wildman–Crippen LogP) is 3.67. The lowest BCUT2D eigenvalue weighted by molar-refractivity contribution is -0.118. The van der Waals surface area contributed by atoms with Crippen molar-refractivity contribution in [2.75, 3.05) is 6.54 Å². The topological polar surface area (TPSA) is 132 Å². The van der Waals surface area contributed by atoms with Crippen LogP contribution in [0.3, 0.4) is 0 Å². The van der Waals surface area contributed by atoms with Crippen molar-refractivity contribution in [3.8, 4) is 16.9 Å². The molecule has 34 heavy (non-hydrogen) atoms. The van der Waals surface area contributed by atoms with E-state index in [1.165, 1.54) is 11.3 Å². The van der Waals surface area contributed by atoms with E-state index < -0.39 is 0 Å². The van der Waals surface area contributed by atoms with Gasteiger partial charge in [-0.25, -0.2) is 9.67 Å². The van der Waals surface area contributed by atoms with Gasteiger partial charge in [0.1, 0.15) is 10.7 Å². The van der Waals surface area contributed by atoms with Crippen LogP contribution in [-0.4, -0.2) is 43.1 Å². The Bertz CT molecular complexity index is 1180. The zero-order chi connectivity index (χ0) is 23.8. The van der Waals surface area contributed by atoms with Gasteiger partial charge in [0.2, 0.25) is 5.91 Å². The Morgan fingerprint density at radius 1 is 1.15 bits per heavy atom. The number of nitrogens with one attached hydrogen (secondary N) is 2. The fraction of sp³-hybridized carbons (Fsp3) is 0.292. The molecule has 3 aromatic heterocycles. The Morgan fingerprint density at radius 3 is 2.71 bits per heavy atom. The largest absolute Gasteiger partial charge is 0.370 e. The molecule has 0 saturated carbocycles. The van der Waals surface area contributed by atoms with Crippen LogP contribution in [0, 0.1) is 0 Å². The number of hydrogen-bond donors (Lipinski definition) is 3. The minimum Gasteiger partial charge on any atom is -0.370 e. The van der Waals surface area contributed by atoms with Crippen molar-refractivity contribution >= 4 is 23.2 Å². The molecular formula is C24H27N7O2S. The quantitative estimate of drug-likeness (QED) is 0.268. The van der Waals surface area contributed by atoms with Gasteiger partial charge in [-0.3, -0.25) is 14.6 Å². The first-order chi connectivity index (χ1) is 16.6. The smallest absolute Gasteiger partial charge is 0.263 e. The fourth-order valence-electron chi connectivity index (χ4n) is 3.74. The second-order valence-electron chi connectivity index (χ2n) is 8.02. The summed E-state index contributed by atoms with van der Waals surface area (Å²) in [4.78, 5) is 36.0. The summed E-state index contributed by atoms with van der Waals surface area (Å²) in [6.07, 6.45) is 10.8. The third-order valence-corrected chi connectivity index (χ3v) is 6.34. The van der Waals surface area contributed by atoms with E-state index in [0.29, 0.717) is 17.8 Å². The Balaban J connectivity index is 1.43. The number of carbonyl (C=O) groups is 2. The van der Waals surface area contributed by atoms with Crippen LogP contribution in [0.2, 0.25) is 0 Å². The summed E-state index contributed by atoms with van der Waals surface area (Å²) in [6, 6.07) is 9.96. The molecule has 4 rings (SSSR count). The molecule has 4 aromatic rings. The minimum absolute atomic E-state index is 0.0162. The average Bonchev–Trinajstić information content (AvgIpc) is 3.63. The molecule has 176 valence electrons. The summed E-state index contributed by atoms with van der Waals surface area (Å²) in [7, 11) is 0. The van der Waals surface area contributed by atoms with Gasteiger partial charge in [0, 0.05) is 31.3 Å². The number of H-pyrrole nitrogens is 1. The highest BCUT2D eigenvalue weighted by Gasteiger charge is 2.18. The van der Waals surface area contributed by atoms with Crippen molar-refractivity contribution in [1.29, 1.82) is 0 Å². The van der Waals surface area contributed by atoms with E-state index >= 15 is 0 Å². The molecule has 1 atom stereocenters. The first-order valence-corrected chi connectivity index (χ1v) is 12.1. The van der Waals surface area contributed by atoms with Gasteiger partial charge in [-0.2, -0.15) is 5.10 Å². The molecule has 0 radical (unpaired) electrons. The maximum atomic E-state index is 12.4. The number of unbranched alkanes of at least 4 members (excludes halogenated alkanes) is 2. The van der Waals surface area contributed by atoms with Gasteiger partial charge in [-0.1, -0.05) is 25.0 Å². The molecule has 2 amide bonds. The Labute approximate surface area is 201 Å². The third kappa shape index (κ3) is 6.16. The molecule has 4 N–H and O–H groups in total. The highest BCUT2D eigenvalue weighted by molar-refractivity contribution is 7.11. The first kappa shape index (κ1) is 23.4. The molecule has 0 aliphatic rings. The lowest BCUT2D eigenvalue weighted by atomic mass is 9.99. The highest BCUT2D eigenvalue weighted by atomic mass is 32.1. The number of nitrogens with zero attached hydrogens (tertiary/aromatic N) is 4. The first-order valence-electron chi connectivity index (χ1n) is 11.2.